The van der Waals surface area contributed by atoms with E-state index in [0.717, 1.165) is 28.2 Å². The maximum atomic E-state index is 10.7. The van der Waals surface area contributed by atoms with Crippen LogP contribution in [0.1, 0.15) is 40.2 Å². The van der Waals surface area contributed by atoms with Crippen molar-refractivity contribution < 1.29 is 9.52 Å². The van der Waals surface area contributed by atoms with E-state index < -0.39 is 6.10 Å². The lowest BCUT2D eigenvalue weighted by atomic mass is 9.87. The number of benzene rings is 1. The molecular formula is C16H21NO2. The highest BCUT2D eigenvalue weighted by molar-refractivity contribution is 5.36. The van der Waals surface area contributed by atoms with Gasteiger partial charge in [0.2, 0.25) is 0 Å². The van der Waals surface area contributed by atoms with E-state index in [1.54, 1.807) is 0 Å². The molecule has 0 aliphatic carbocycles. The van der Waals surface area contributed by atoms with Gasteiger partial charge >= 0.3 is 0 Å². The summed E-state index contributed by atoms with van der Waals surface area (Å²) in [5, 5.41) is 10.7. The summed E-state index contributed by atoms with van der Waals surface area (Å²) >= 11 is 0. The summed E-state index contributed by atoms with van der Waals surface area (Å²) in [7, 11) is 0. The molecule has 0 saturated heterocycles. The number of furan rings is 1. The van der Waals surface area contributed by atoms with E-state index >= 15 is 0 Å². The quantitative estimate of drug-likeness (QED) is 0.887. The van der Waals surface area contributed by atoms with Gasteiger partial charge in [-0.2, -0.15) is 0 Å². The fraction of sp³-hybridized carbons (Fsp3) is 0.375. The Labute approximate surface area is 114 Å². The van der Waals surface area contributed by atoms with Crippen LogP contribution < -0.4 is 5.73 Å². The zero-order chi connectivity index (χ0) is 14.0. The van der Waals surface area contributed by atoms with Crippen molar-refractivity contribution in [2.24, 2.45) is 5.73 Å². The number of rotatable bonds is 4. The maximum Gasteiger partial charge on any atom is 0.107 e. The van der Waals surface area contributed by atoms with Crippen LogP contribution in [-0.4, -0.2) is 11.7 Å². The Morgan fingerprint density at radius 1 is 1.11 bits per heavy atom. The van der Waals surface area contributed by atoms with Crippen molar-refractivity contribution >= 4 is 0 Å². The smallest absolute Gasteiger partial charge is 0.107 e. The molecule has 0 saturated carbocycles. The van der Waals surface area contributed by atoms with Crippen LogP contribution in [0.2, 0.25) is 0 Å². The van der Waals surface area contributed by atoms with Gasteiger partial charge in [-0.15, -0.1) is 0 Å². The highest BCUT2D eigenvalue weighted by Crippen LogP contribution is 2.35. The molecule has 1 aromatic heterocycles. The molecule has 3 heteroatoms. The van der Waals surface area contributed by atoms with E-state index in [1.165, 1.54) is 0 Å². The lowest BCUT2D eigenvalue weighted by Gasteiger charge is -2.22. The first-order chi connectivity index (χ1) is 9.06. The average Bonchev–Trinajstić information content (AvgIpc) is 2.65. The third-order valence-corrected chi connectivity index (χ3v) is 3.78. The summed E-state index contributed by atoms with van der Waals surface area (Å²) in [4.78, 5) is 0. The summed E-state index contributed by atoms with van der Waals surface area (Å²) in [5.74, 6) is 1.52. The molecule has 2 rings (SSSR count). The maximum absolute atomic E-state index is 10.7. The van der Waals surface area contributed by atoms with E-state index in [4.69, 9.17) is 10.2 Å². The largest absolute Gasteiger partial charge is 0.466 e. The van der Waals surface area contributed by atoms with E-state index in [1.807, 2.05) is 51.1 Å². The van der Waals surface area contributed by atoms with Crippen molar-refractivity contribution in [3.63, 3.8) is 0 Å². The second-order valence-electron chi connectivity index (χ2n) is 4.95. The normalized spacial score (nSPS) is 14.4. The van der Waals surface area contributed by atoms with Gasteiger partial charge in [0, 0.05) is 18.0 Å². The third-order valence-electron chi connectivity index (χ3n) is 3.78. The molecular weight excluding hydrogens is 238 g/mol. The molecule has 2 aromatic rings. The molecule has 19 heavy (non-hydrogen) atoms. The second kappa shape index (κ2) is 5.59. The summed E-state index contributed by atoms with van der Waals surface area (Å²) < 4.78 is 5.60. The van der Waals surface area contributed by atoms with Gasteiger partial charge < -0.3 is 15.3 Å². The van der Waals surface area contributed by atoms with Crippen LogP contribution in [0, 0.1) is 20.8 Å². The highest BCUT2D eigenvalue weighted by Gasteiger charge is 2.27. The molecule has 2 atom stereocenters. The Morgan fingerprint density at radius 3 is 2.21 bits per heavy atom. The lowest BCUT2D eigenvalue weighted by Crippen LogP contribution is -2.20. The van der Waals surface area contributed by atoms with Gasteiger partial charge in [-0.1, -0.05) is 30.3 Å². The Balaban J connectivity index is 2.39. The Kier molecular flexibility index (Phi) is 4.08. The number of aliphatic hydroxyl groups is 1. The monoisotopic (exact) mass is 259 g/mol. The molecule has 2 unspecified atom stereocenters. The molecule has 0 aliphatic heterocycles. The molecule has 0 aliphatic rings. The highest BCUT2D eigenvalue weighted by atomic mass is 16.3. The van der Waals surface area contributed by atoms with Crippen LogP contribution in [0.3, 0.4) is 0 Å². The van der Waals surface area contributed by atoms with Gasteiger partial charge in [0.05, 0.1) is 6.10 Å². The van der Waals surface area contributed by atoms with E-state index in [9.17, 15) is 5.11 Å². The fourth-order valence-corrected chi connectivity index (χ4v) is 2.59. The summed E-state index contributed by atoms with van der Waals surface area (Å²) in [6.45, 7) is 6.17. The molecule has 3 nitrogen and oxygen atoms in total. The zero-order valence-corrected chi connectivity index (χ0v) is 11.7. The minimum atomic E-state index is -0.634. The number of hydrogen-bond donors (Lipinski definition) is 2. The SMILES string of the molecule is Cc1oc(C)c(C(O)C(CN)c2ccccc2)c1C. The molecule has 0 amide bonds. The van der Waals surface area contributed by atoms with Crippen molar-refractivity contribution in [3.8, 4) is 0 Å². The zero-order valence-electron chi connectivity index (χ0n) is 11.7. The summed E-state index contributed by atoms with van der Waals surface area (Å²) in [6.07, 6.45) is -0.634. The van der Waals surface area contributed by atoms with Crippen LogP contribution in [0.5, 0.6) is 0 Å². The van der Waals surface area contributed by atoms with Crippen molar-refractivity contribution in [2.45, 2.75) is 32.8 Å². The van der Waals surface area contributed by atoms with Gasteiger partial charge in [0.15, 0.2) is 0 Å². The molecule has 0 radical (unpaired) electrons. The molecule has 0 fully saturated rings. The summed E-state index contributed by atoms with van der Waals surface area (Å²) in [5.41, 5.74) is 8.80. The Bertz CT molecular complexity index is 545. The Hall–Kier alpha value is -1.58. The molecule has 102 valence electrons. The minimum absolute atomic E-state index is 0.115. The van der Waals surface area contributed by atoms with Crippen LogP contribution in [0.25, 0.3) is 0 Å². The van der Waals surface area contributed by atoms with Crippen molar-refractivity contribution in [3.05, 3.63) is 58.5 Å². The topological polar surface area (TPSA) is 59.4 Å². The summed E-state index contributed by atoms with van der Waals surface area (Å²) in [6, 6.07) is 9.88. The third kappa shape index (κ3) is 2.57. The van der Waals surface area contributed by atoms with Gasteiger partial charge in [0.25, 0.3) is 0 Å². The van der Waals surface area contributed by atoms with E-state index in [2.05, 4.69) is 0 Å². The number of hydrogen-bond acceptors (Lipinski definition) is 3. The van der Waals surface area contributed by atoms with Crippen molar-refractivity contribution in [2.75, 3.05) is 6.54 Å². The molecule has 0 spiro atoms. The van der Waals surface area contributed by atoms with Crippen molar-refractivity contribution in [1.82, 2.24) is 0 Å². The second-order valence-corrected chi connectivity index (χ2v) is 4.95. The first-order valence-electron chi connectivity index (χ1n) is 6.55. The average molecular weight is 259 g/mol. The molecule has 0 bridgehead atoms. The Morgan fingerprint density at radius 2 is 1.74 bits per heavy atom. The molecule has 3 N–H and O–H groups in total. The van der Waals surface area contributed by atoms with Crippen molar-refractivity contribution in [1.29, 1.82) is 0 Å². The predicted octanol–water partition coefficient (Wildman–Crippen LogP) is 2.98. The fourth-order valence-electron chi connectivity index (χ4n) is 2.59. The minimum Gasteiger partial charge on any atom is -0.466 e. The standard InChI is InChI=1S/C16H21NO2/c1-10-11(2)19-12(3)15(10)16(18)14(9-17)13-7-5-4-6-8-13/h4-8,14,16,18H,9,17H2,1-3H3. The van der Waals surface area contributed by atoms with Gasteiger partial charge in [-0.05, 0) is 31.9 Å². The van der Waals surface area contributed by atoms with Crippen LogP contribution in [-0.2, 0) is 0 Å². The predicted molar refractivity (Wildman–Crippen MR) is 76.1 cm³/mol. The van der Waals surface area contributed by atoms with E-state index in [0.29, 0.717) is 6.54 Å². The van der Waals surface area contributed by atoms with Crippen LogP contribution in [0.15, 0.2) is 34.7 Å². The van der Waals surface area contributed by atoms with Gasteiger partial charge in [-0.3, -0.25) is 0 Å². The van der Waals surface area contributed by atoms with E-state index in [-0.39, 0.29) is 5.92 Å². The van der Waals surface area contributed by atoms with Crippen LogP contribution in [0.4, 0.5) is 0 Å². The molecule has 1 aromatic carbocycles. The van der Waals surface area contributed by atoms with Gasteiger partial charge in [-0.25, -0.2) is 0 Å². The number of nitrogens with two attached hydrogens (primary N) is 1. The molecule has 1 heterocycles. The van der Waals surface area contributed by atoms with Crippen LogP contribution >= 0.6 is 0 Å². The first-order valence-corrected chi connectivity index (χ1v) is 6.55. The number of aliphatic hydroxyl groups excluding tert-OH is 1. The number of aryl methyl sites for hydroxylation is 2. The lowest BCUT2D eigenvalue weighted by molar-refractivity contribution is 0.145. The van der Waals surface area contributed by atoms with Gasteiger partial charge in [0.1, 0.15) is 11.5 Å². The first kappa shape index (κ1) is 13.8.